The number of imide groups is 1. The summed E-state index contributed by atoms with van der Waals surface area (Å²) in [5.41, 5.74) is -7.44. The fraction of sp³-hybridized carbons (Fsp3) is 0.154. The first kappa shape index (κ1) is 38.2. The zero-order chi connectivity index (χ0) is 40.0. The van der Waals surface area contributed by atoms with Gasteiger partial charge in [0, 0.05) is 24.2 Å². The highest BCUT2D eigenvalue weighted by atomic mass is 19.4. The molecule has 0 fully saturated rings. The van der Waals surface area contributed by atoms with Gasteiger partial charge in [0.05, 0.1) is 22.3 Å². The van der Waals surface area contributed by atoms with Crippen LogP contribution in [0.3, 0.4) is 0 Å². The first-order valence-corrected chi connectivity index (χ1v) is 16.1. The van der Waals surface area contributed by atoms with Crippen LogP contribution in [0.2, 0.25) is 0 Å². The Balaban J connectivity index is 1.24. The number of nitrogens with zero attached hydrogens (tertiary/aromatic N) is 2. The van der Waals surface area contributed by atoms with Gasteiger partial charge in [-0.05, 0) is 65.7 Å². The second-order valence-corrected chi connectivity index (χ2v) is 12.3. The predicted molar refractivity (Wildman–Crippen MR) is 180 cm³/mol. The summed E-state index contributed by atoms with van der Waals surface area (Å²) in [5, 5.41) is 10.4. The molecule has 282 valence electrons. The van der Waals surface area contributed by atoms with Crippen LogP contribution in [0.15, 0.2) is 110 Å². The number of aliphatic hydroxyl groups is 1. The Morgan fingerprint density at radius 3 is 1.56 bits per heavy atom. The highest BCUT2D eigenvalue weighted by molar-refractivity contribution is 6.22. The van der Waals surface area contributed by atoms with Crippen LogP contribution in [-0.4, -0.2) is 70.0 Å². The maximum atomic E-state index is 14.8. The number of aliphatic hydroxyl groups excluding tert-OH is 1. The molecule has 0 aromatic heterocycles. The van der Waals surface area contributed by atoms with Crippen LogP contribution in [0.5, 0.6) is 11.5 Å². The number of carbonyl (C=O) groups excluding carboxylic acids is 5. The van der Waals surface area contributed by atoms with Crippen molar-refractivity contribution in [3.8, 4) is 11.5 Å². The number of hydrogen-bond donors (Lipinski definition) is 1. The van der Waals surface area contributed by atoms with E-state index in [-0.39, 0.29) is 46.5 Å². The number of hydrogen-bond acceptors (Lipinski definition) is 8. The van der Waals surface area contributed by atoms with Gasteiger partial charge in [0.1, 0.15) is 11.5 Å². The second-order valence-electron chi connectivity index (χ2n) is 12.3. The summed E-state index contributed by atoms with van der Waals surface area (Å²) < 4.78 is 99.1. The largest absolute Gasteiger partial charge is 0.423 e. The van der Waals surface area contributed by atoms with Gasteiger partial charge in [-0.2, -0.15) is 26.3 Å². The first-order chi connectivity index (χ1) is 25.9. The Labute approximate surface area is 307 Å². The van der Waals surface area contributed by atoms with Gasteiger partial charge in [-0.1, -0.05) is 42.5 Å². The summed E-state index contributed by atoms with van der Waals surface area (Å²) in [4.78, 5) is 65.5. The quantitative estimate of drug-likeness (QED) is 0.0604. The van der Waals surface area contributed by atoms with E-state index in [9.17, 15) is 55.4 Å². The Hall–Kier alpha value is -6.55. The smallest absolute Gasteiger partial charge is 0.411 e. The van der Waals surface area contributed by atoms with E-state index in [1.165, 1.54) is 36.4 Å². The van der Waals surface area contributed by atoms with Crippen molar-refractivity contribution in [2.75, 3.05) is 13.1 Å². The molecular formula is C39H26F6N2O8. The van der Waals surface area contributed by atoms with Crippen molar-refractivity contribution < 1.29 is 64.9 Å². The lowest BCUT2D eigenvalue weighted by Gasteiger charge is -2.38. The molecule has 6 rings (SSSR count). The average molecular weight is 765 g/mol. The van der Waals surface area contributed by atoms with Crippen LogP contribution in [0.4, 0.5) is 26.3 Å². The summed E-state index contributed by atoms with van der Waals surface area (Å²) in [6.07, 6.45) is -10.5. The summed E-state index contributed by atoms with van der Waals surface area (Å²) in [5.74, 6) is -4.96. The topological polar surface area (TPSA) is 131 Å². The highest BCUT2D eigenvalue weighted by Gasteiger charge is 2.72. The molecular weight excluding hydrogens is 738 g/mol. The van der Waals surface area contributed by atoms with Crippen molar-refractivity contribution in [2.24, 2.45) is 0 Å². The standard InChI is InChI=1S/C39H26F6N2O8/c1-3-17-46-31(48)27-15-5-21(19-29(27)33(46)50)35(52)54-25-11-7-23(8-12-25)37(38(40,41)42,39(43,44)45)24-9-13-26(14-10-24)55-36(53)22-6-16-28-30(20-22)34(51)47(18-4-2)32(28)49/h3-16,19-20,31,48H,1-2,17-18H2. The number of fused-ring (bicyclic) bond motifs is 2. The van der Waals surface area contributed by atoms with Crippen LogP contribution < -0.4 is 9.47 Å². The first-order valence-electron chi connectivity index (χ1n) is 16.1. The molecule has 0 aliphatic carbocycles. The lowest BCUT2D eigenvalue weighted by Crippen LogP contribution is -2.54. The molecule has 1 atom stereocenters. The molecule has 2 heterocycles. The molecule has 2 aliphatic rings. The molecule has 0 spiro atoms. The fourth-order valence-corrected chi connectivity index (χ4v) is 6.42. The molecule has 3 amide bonds. The summed E-state index contributed by atoms with van der Waals surface area (Å²) in [6.45, 7) is 6.91. The number of alkyl halides is 6. The van der Waals surface area contributed by atoms with Gasteiger partial charge in [-0.3, -0.25) is 19.3 Å². The molecule has 4 aromatic rings. The van der Waals surface area contributed by atoms with Crippen molar-refractivity contribution in [1.82, 2.24) is 9.80 Å². The van der Waals surface area contributed by atoms with E-state index in [4.69, 9.17) is 9.47 Å². The van der Waals surface area contributed by atoms with Crippen LogP contribution in [0.1, 0.15) is 74.7 Å². The molecule has 55 heavy (non-hydrogen) atoms. The summed E-state index contributed by atoms with van der Waals surface area (Å²) in [6, 6.07) is 12.1. The van der Waals surface area contributed by atoms with E-state index in [0.29, 0.717) is 24.3 Å². The van der Waals surface area contributed by atoms with Crippen LogP contribution >= 0.6 is 0 Å². The molecule has 1 N–H and O–H groups in total. The molecule has 0 radical (unpaired) electrons. The zero-order valence-corrected chi connectivity index (χ0v) is 28.1. The fourth-order valence-electron chi connectivity index (χ4n) is 6.42. The third kappa shape index (κ3) is 6.43. The molecule has 2 aliphatic heterocycles. The monoisotopic (exact) mass is 764 g/mol. The van der Waals surface area contributed by atoms with Crippen LogP contribution in [0, 0.1) is 0 Å². The minimum atomic E-state index is -5.98. The lowest BCUT2D eigenvalue weighted by molar-refractivity contribution is -0.288. The number of ether oxygens (including phenoxy) is 2. The Bertz CT molecular complexity index is 2250. The van der Waals surface area contributed by atoms with Gasteiger partial charge in [0.2, 0.25) is 5.41 Å². The maximum absolute atomic E-state index is 14.8. The minimum Gasteiger partial charge on any atom is -0.423 e. The third-order valence-electron chi connectivity index (χ3n) is 9.04. The molecule has 4 aromatic carbocycles. The molecule has 10 nitrogen and oxygen atoms in total. The Morgan fingerprint density at radius 2 is 1.09 bits per heavy atom. The number of carbonyl (C=O) groups is 5. The van der Waals surface area contributed by atoms with E-state index in [0.717, 1.165) is 46.2 Å². The van der Waals surface area contributed by atoms with E-state index in [1.807, 2.05) is 0 Å². The lowest BCUT2D eigenvalue weighted by atomic mass is 9.73. The van der Waals surface area contributed by atoms with Crippen molar-refractivity contribution in [3.63, 3.8) is 0 Å². The summed E-state index contributed by atoms with van der Waals surface area (Å²) >= 11 is 0. The van der Waals surface area contributed by atoms with Crippen molar-refractivity contribution in [2.45, 2.75) is 24.0 Å². The van der Waals surface area contributed by atoms with E-state index < -0.39 is 76.3 Å². The third-order valence-corrected chi connectivity index (χ3v) is 9.04. The van der Waals surface area contributed by atoms with Gasteiger partial charge in [0.25, 0.3) is 17.7 Å². The second kappa shape index (κ2) is 14.0. The predicted octanol–water partition coefficient (Wildman–Crippen LogP) is 6.95. The van der Waals surface area contributed by atoms with Crippen LogP contribution in [-0.2, 0) is 5.41 Å². The molecule has 16 heteroatoms. The Kier molecular flexibility index (Phi) is 9.73. The van der Waals surface area contributed by atoms with E-state index in [2.05, 4.69) is 13.2 Å². The number of benzene rings is 4. The maximum Gasteiger partial charge on any atom is 0.411 e. The van der Waals surface area contributed by atoms with Crippen LogP contribution in [0.25, 0.3) is 0 Å². The van der Waals surface area contributed by atoms with Gasteiger partial charge in [0.15, 0.2) is 6.23 Å². The molecule has 0 bridgehead atoms. The normalized spacial score (nSPS) is 15.5. The molecule has 0 saturated heterocycles. The Morgan fingerprint density at radius 1 is 0.636 bits per heavy atom. The van der Waals surface area contributed by atoms with Gasteiger partial charge >= 0.3 is 24.3 Å². The van der Waals surface area contributed by atoms with Gasteiger partial charge < -0.3 is 19.5 Å². The van der Waals surface area contributed by atoms with E-state index in [1.54, 1.807) is 0 Å². The van der Waals surface area contributed by atoms with Crippen molar-refractivity contribution in [3.05, 3.63) is 155 Å². The average Bonchev–Trinajstić information content (AvgIpc) is 3.51. The van der Waals surface area contributed by atoms with Gasteiger partial charge in [-0.25, -0.2) is 9.59 Å². The number of amides is 3. The SMILES string of the molecule is C=CCN1C(=O)c2ccc(C(=O)Oc3ccc(C(c4ccc(OC(=O)c5ccc6c(c5)C(=O)N(CC=C)C6O)cc4)(C(F)(F)F)C(F)(F)F)cc3)cc2C1=O. The minimum absolute atomic E-state index is 0.00607. The van der Waals surface area contributed by atoms with Gasteiger partial charge in [-0.15, -0.1) is 13.2 Å². The van der Waals surface area contributed by atoms with Crippen molar-refractivity contribution in [1.29, 1.82) is 0 Å². The number of esters is 2. The van der Waals surface area contributed by atoms with E-state index >= 15 is 0 Å². The van der Waals surface area contributed by atoms with Crippen molar-refractivity contribution >= 4 is 29.7 Å². The zero-order valence-electron chi connectivity index (χ0n) is 28.1. The molecule has 0 saturated carbocycles. The highest BCUT2D eigenvalue weighted by Crippen LogP contribution is 2.56. The number of rotatable bonds is 10. The number of halogens is 6. The summed E-state index contributed by atoms with van der Waals surface area (Å²) in [7, 11) is 0. The molecule has 1 unspecified atom stereocenters.